The highest BCUT2D eigenvalue weighted by Gasteiger charge is 1.98. The Bertz CT molecular complexity index is 314. The molecule has 2 amide bonds. The number of pyridine rings is 1. The number of aromatic nitrogens is 1. The highest BCUT2D eigenvalue weighted by Crippen LogP contribution is 1.97. The summed E-state index contributed by atoms with van der Waals surface area (Å²) in [5.74, 6) is 0. The van der Waals surface area contributed by atoms with Crippen LogP contribution in [0.25, 0.3) is 0 Å². The van der Waals surface area contributed by atoms with Gasteiger partial charge in [-0.25, -0.2) is 4.79 Å². The van der Waals surface area contributed by atoms with Crippen LogP contribution in [0.5, 0.6) is 0 Å². The van der Waals surface area contributed by atoms with Gasteiger partial charge in [-0.05, 0) is 24.1 Å². The van der Waals surface area contributed by atoms with Crippen molar-refractivity contribution in [1.29, 1.82) is 0 Å². The lowest BCUT2D eigenvalue weighted by Crippen LogP contribution is -2.35. The van der Waals surface area contributed by atoms with Gasteiger partial charge in [0.05, 0.1) is 0 Å². The van der Waals surface area contributed by atoms with Gasteiger partial charge in [-0.1, -0.05) is 26.2 Å². The number of hydrogen-bond donors (Lipinski definition) is 2. The summed E-state index contributed by atoms with van der Waals surface area (Å²) in [6.07, 6.45) is 8.13. The Balaban J connectivity index is 2.05. The molecule has 0 aromatic carbocycles. The van der Waals surface area contributed by atoms with Crippen molar-refractivity contribution in [3.05, 3.63) is 30.1 Å². The van der Waals surface area contributed by atoms with Gasteiger partial charge >= 0.3 is 6.03 Å². The molecule has 0 spiro atoms. The van der Waals surface area contributed by atoms with Crippen molar-refractivity contribution in [2.75, 3.05) is 6.54 Å². The molecule has 1 aromatic heterocycles. The fourth-order valence-electron chi connectivity index (χ4n) is 1.50. The molecule has 2 N–H and O–H groups in total. The maximum absolute atomic E-state index is 11.4. The molecule has 0 fully saturated rings. The average Bonchev–Trinajstić information content (AvgIpc) is 2.37. The maximum atomic E-state index is 11.4. The molecule has 4 heteroatoms. The number of hydrogen-bond acceptors (Lipinski definition) is 2. The average molecular weight is 235 g/mol. The smallest absolute Gasteiger partial charge is 0.315 e. The number of nitrogens with one attached hydrogen (secondary N) is 2. The van der Waals surface area contributed by atoms with Crippen LogP contribution in [0.2, 0.25) is 0 Å². The van der Waals surface area contributed by atoms with Crippen LogP contribution in [0.3, 0.4) is 0 Å². The van der Waals surface area contributed by atoms with Crippen molar-refractivity contribution in [3.8, 4) is 0 Å². The summed E-state index contributed by atoms with van der Waals surface area (Å²) in [6.45, 7) is 3.47. The fraction of sp³-hybridized carbons (Fsp3) is 0.538. The first-order chi connectivity index (χ1) is 8.33. The van der Waals surface area contributed by atoms with Crippen molar-refractivity contribution in [3.63, 3.8) is 0 Å². The molecular weight excluding hydrogens is 214 g/mol. The van der Waals surface area contributed by atoms with Crippen LogP contribution in [-0.2, 0) is 6.54 Å². The van der Waals surface area contributed by atoms with Crippen LogP contribution >= 0.6 is 0 Å². The molecule has 1 aromatic rings. The molecule has 17 heavy (non-hydrogen) atoms. The second-order valence-corrected chi connectivity index (χ2v) is 4.03. The first kappa shape index (κ1) is 13.5. The van der Waals surface area contributed by atoms with Crippen LogP contribution in [0, 0.1) is 0 Å². The zero-order valence-electron chi connectivity index (χ0n) is 10.4. The van der Waals surface area contributed by atoms with E-state index in [1.165, 1.54) is 19.3 Å². The number of carbonyl (C=O) groups is 1. The first-order valence-electron chi connectivity index (χ1n) is 6.23. The first-order valence-corrected chi connectivity index (χ1v) is 6.23. The second-order valence-electron chi connectivity index (χ2n) is 4.03. The molecule has 0 radical (unpaired) electrons. The van der Waals surface area contributed by atoms with Crippen LogP contribution in [0.15, 0.2) is 24.5 Å². The number of urea groups is 1. The van der Waals surface area contributed by atoms with Crippen LogP contribution in [0.1, 0.15) is 38.2 Å². The molecule has 1 rings (SSSR count). The largest absolute Gasteiger partial charge is 0.338 e. The van der Waals surface area contributed by atoms with Crippen molar-refractivity contribution in [2.24, 2.45) is 0 Å². The molecule has 0 bridgehead atoms. The lowest BCUT2D eigenvalue weighted by atomic mass is 10.2. The van der Waals surface area contributed by atoms with Crippen molar-refractivity contribution in [1.82, 2.24) is 15.6 Å². The van der Waals surface area contributed by atoms with E-state index in [-0.39, 0.29) is 6.03 Å². The molecule has 94 valence electrons. The monoisotopic (exact) mass is 235 g/mol. The Morgan fingerprint density at radius 1 is 1.18 bits per heavy atom. The predicted molar refractivity (Wildman–Crippen MR) is 68.6 cm³/mol. The standard InChI is InChI=1S/C13H21N3O/c1-2-3-4-5-8-15-13(17)16-11-12-6-9-14-10-7-12/h6-7,9-10H,2-5,8,11H2,1H3,(H2,15,16,17). The van der Waals surface area contributed by atoms with Gasteiger partial charge in [-0.15, -0.1) is 0 Å². The summed E-state index contributed by atoms with van der Waals surface area (Å²) in [7, 11) is 0. The molecule has 0 saturated heterocycles. The van der Waals surface area contributed by atoms with E-state index in [1.54, 1.807) is 12.4 Å². The summed E-state index contributed by atoms with van der Waals surface area (Å²) < 4.78 is 0. The number of carbonyl (C=O) groups excluding carboxylic acids is 1. The van der Waals surface area contributed by atoms with Crippen molar-refractivity contribution < 1.29 is 4.79 Å². The lowest BCUT2D eigenvalue weighted by Gasteiger charge is -2.07. The van der Waals surface area contributed by atoms with Crippen molar-refractivity contribution >= 4 is 6.03 Å². The number of unbranched alkanes of at least 4 members (excludes halogenated alkanes) is 3. The molecule has 0 aliphatic heterocycles. The van der Waals surface area contributed by atoms with E-state index in [9.17, 15) is 4.79 Å². The minimum atomic E-state index is -0.0988. The van der Waals surface area contributed by atoms with Crippen molar-refractivity contribution in [2.45, 2.75) is 39.2 Å². The SMILES string of the molecule is CCCCCCNC(=O)NCc1ccncc1. The van der Waals surface area contributed by atoms with Crippen LogP contribution in [-0.4, -0.2) is 17.6 Å². The minimum Gasteiger partial charge on any atom is -0.338 e. The fourth-order valence-corrected chi connectivity index (χ4v) is 1.50. The number of amides is 2. The third kappa shape index (κ3) is 6.56. The van der Waals surface area contributed by atoms with E-state index in [4.69, 9.17) is 0 Å². The highest BCUT2D eigenvalue weighted by atomic mass is 16.2. The summed E-state index contributed by atoms with van der Waals surface area (Å²) in [6, 6.07) is 3.68. The highest BCUT2D eigenvalue weighted by molar-refractivity contribution is 5.73. The van der Waals surface area contributed by atoms with Gasteiger partial charge in [0.15, 0.2) is 0 Å². The van der Waals surface area contributed by atoms with Crippen LogP contribution < -0.4 is 10.6 Å². The Hall–Kier alpha value is -1.58. The van der Waals surface area contributed by atoms with E-state index in [0.717, 1.165) is 18.5 Å². The zero-order valence-corrected chi connectivity index (χ0v) is 10.4. The summed E-state index contributed by atoms with van der Waals surface area (Å²) in [5, 5.41) is 5.66. The van der Waals surface area contributed by atoms with Gasteiger partial charge < -0.3 is 10.6 Å². The third-order valence-corrected chi connectivity index (χ3v) is 2.52. The van der Waals surface area contributed by atoms with E-state index >= 15 is 0 Å². The van der Waals surface area contributed by atoms with Gasteiger partial charge in [0.2, 0.25) is 0 Å². The normalized spacial score (nSPS) is 9.94. The van der Waals surface area contributed by atoms with E-state index in [0.29, 0.717) is 6.54 Å². The molecule has 0 saturated carbocycles. The zero-order chi connectivity index (χ0) is 12.3. The Labute approximate surface area is 103 Å². The number of nitrogens with zero attached hydrogens (tertiary/aromatic N) is 1. The molecular formula is C13H21N3O. The molecule has 0 aliphatic rings. The Morgan fingerprint density at radius 3 is 2.65 bits per heavy atom. The van der Waals surface area contributed by atoms with E-state index in [2.05, 4.69) is 22.5 Å². The van der Waals surface area contributed by atoms with Crippen LogP contribution in [0.4, 0.5) is 4.79 Å². The quantitative estimate of drug-likeness (QED) is 0.713. The number of rotatable bonds is 7. The van der Waals surface area contributed by atoms with Gasteiger partial charge in [0.1, 0.15) is 0 Å². The summed E-state index contributed by atoms with van der Waals surface area (Å²) >= 11 is 0. The minimum absolute atomic E-state index is 0.0988. The van der Waals surface area contributed by atoms with Gasteiger partial charge in [-0.2, -0.15) is 0 Å². The Kier molecular flexibility index (Phi) is 6.79. The van der Waals surface area contributed by atoms with Gasteiger partial charge in [0.25, 0.3) is 0 Å². The van der Waals surface area contributed by atoms with E-state index < -0.39 is 0 Å². The molecule has 4 nitrogen and oxygen atoms in total. The Morgan fingerprint density at radius 2 is 1.94 bits per heavy atom. The second kappa shape index (κ2) is 8.56. The molecule has 0 unspecified atom stereocenters. The lowest BCUT2D eigenvalue weighted by molar-refractivity contribution is 0.240. The maximum Gasteiger partial charge on any atom is 0.315 e. The summed E-state index contributed by atoms with van der Waals surface area (Å²) in [5.41, 5.74) is 1.06. The predicted octanol–water partition coefficient (Wildman–Crippen LogP) is 2.46. The third-order valence-electron chi connectivity index (χ3n) is 2.52. The molecule has 1 heterocycles. The topological polar surface area (TPSA) is 54.0 Å². The summed E-state index contributed by atoms with van der Waals surface area (Å²) in [4.78, 5) is 15.3. The molecule has 0 atom stereocenters. The van der Waals surface area contributed by atoms with Gasteiger partial charge in [-0.3, -0.25) is 4.98 Å². The van der Waals surface area contributed by atoms with Gasteiger partial charge in [0, 0.05) is 25.5 Å². The van der Waals surface area contributed by atoms with E-state index in [1.807, 2.05) is 12.1 Å². The molecule has 0 aliphatic carbocycles.